The van der Waals surface area contributed by atoms with Crippen LogP contribution in [0, 0.1) is 0 Å². The Morgan fingerprint density at radius 1 is 1.53 bits per heavy atom. The number of rotatable bonds is 3. The van der Waals surface area contributed by atoms with Crippen LogP contribution in [0.3, 0.4) is 0 Å². The van der Waals surface area contributed by atoms with Gasteiger partial charge in [-0.05, 0) is 47.8 Å². The first-order chi connectivity index (χ1) is 9.08. The SMILES string of the molecule is CC(Oc1ccccc1Br)C(=O)N1CCCC(N)C1. The predicted molar refractivity (Wildman–Crippen MR) is 78.0 cm³/mol. The van der Waals surface area contributed by atoms with E-state index in [1.54, 1.807) is 11.8 Å². The summed E-state index contributed by atoms with van der Waals surface area (Å²) in [6, 6.07) is 7.62. The lowest BCUT2D eigenvalue weighted by Crippen LogP contribution is -2.49. The molecule has 1 aliphatic heterocycles. The van der Waals surface area contributed by atoms with Gasteiger partial charge in [-0.25, -0.2) is 0 Å². The van der Waals surface area contributed by atoms with Crippen molar-refractivity contribution in [3.63, 3.8) is 0 Å². The number of carbonyl (C=O) groups is 1. The summed E-state index contributed by atoms with van der Waals surface area (Å²) < 4.78 is 6.57. The smallest absolute Gasteiger partial charge is 0.263 e. The Labute approximate surface area is 122 Å². The zero-order valence-corrected chi connectivity index (χ0v) is 12.6. The summed E-state index contributed by atoms with van der Waals surface area (Å²) in [6.45, 7) is 3.18. The van der Waals surface area contributed by atoms with Crippen LogP contribution >= 0.6 is 15.9 Å². The molecule has 19 heavy (non-hydrogen) atoms. The second kappa shape index (κ2) is 6.39. The highest BCUT2D eigenvalue weighted by atomic mass is 79.9. The average Bonchev–Trinajstić information content (AvgIpc) is 2.40. The summed E-state index contributed by atoms with van der Waals surface area (Å²) in [5, 5.41) is 0. The molecule has 0 saturated carbocycles. The highest BCUT2D eigenvalue weighted by Crippen LogP contribution is 2.25. The minimum Gasteiger partial charge on any atom is -0.480 e. The maximum atomic E-state index is 12.3. The minimum absolute atomic E-state index is 0.00547. The molecule has 1 aromatic carbocycles. The van der Waals surface area contributed by atoms with Gasteiger partial charge in [-0.3, -0.25) is 4.79 Å². The molecule has 4 nitrogen and oxygen atoms in total. The van der Waals surface area contributed by atoms with E-state index in [4.69, 9.17) is 10.5 Å². The van der Waals surface area contributed by atoms with Gasteiger partial charge in [0.05, 0.1) is 4.47 Å². The van der Waals surface area contributed by atoms with Crippen molar-refractivity contribution in [1.82, 2.24) is 4.90 Å². The van der Waals surface area contributed by atoms with Crippen LogP contribution in [0.1, 0.15) is 19.8 Å². The Bertz CT molecular complexity index is 453. The first-order valence-electron chi connectivity index (χ1n) is 6.53. The van der Waals surface area contributed by atoms with E-state index < -0.39 is 6.10 Å². The second-order valence-electron chi connectivity index (χ2n) is 4.88. The summed E-state index contributed by atoms with van der Waals surface area (Å²) in [6.07, 6.45) is 1.46. The molecule has 1 heterocycles. The largest absolute Gasteiger partial charge is 0.480 e. The van der Waals surface area contributed by atoms with Crippen LogP contribution in [-0.4, -0.2) is 36.0 Å². The molecule has 104 valence electrons. The highest BCUT2D eigenvalue weighted by molar-refractivity contribution is 9.10. The predicted octanol–water partition coefficient (Wildman–Crippen LogP) is 2.17. The quantitative estimate of drug-likeness (QED) is 0.926. The third-order valence-electron chi connectivity index (χ3n) is 3.26. The van der Waals surface area contributed by atoms with Crippen molar-refractivity contribution < 1.29 is 9.53 Å². The van der Waals surface area contributed by atoms with Crippen molar-refractivity contribution in [2.75, 3.05) is 13.1 Å². The first-order valence-corrected chi connectivity index (χ1v) is 7.33. The molecule has 2 unspecified atom stereocenters. The molecule has 2 atom stereocenters. The number of amides is 1. The Morgan fingerprint density at radius 2 is 2.26 bits per heavy atom. The molecule has 1 amide bonds. The fraction of sp³-hybridized carbons (Fsp3) is 0.500. The summed E-state index contributed by atoms with van der Waals surface area (Å²) in [7, 11) is 0. The van der Waals surface area contributed by atoms with Crippen LogP contribution in [0.4, 0.5) is 0 Å². The number of carbonyl (C=O) groups excluding carboxylic acids is 1. The van der Waals surface area contributed by atoms with E-state index in [9.17, 15) is 4.79 Å². The number of benzene rings is 1. The molecule has 0 aliphatic carbocycles. The second-order valence-corrected chi connectivity index (χ2v) is 5.73. The monoisotopic (exact) mass is 326 g/mol. The van der Waals surface area contributed by atoms with Crippen LogP contribution in [0.2, 0.25) is 0 Å². The van der Waals surface area contributed by atoms with Crippen LogP contribution < -0.4 is 10.5 Å². The summed E-state index contributed by atoms with van der Waals surface area (Å²) in [5.74, 6) is 0.690. The standard InChI is InChI=1S/C14H19BrN2O2/c1-10(19-13-7-3-2-6-12(13)15)14(18)17-8-4-5-11(16)9-17/h2-3,6-7,10-11H,4-5,8-9,16H2,1H3. The van der Waals surface area contributed by atoms with Crippen LogP contribution in [0.5, 0.6) is 5.75 Å². The normalized spacial score (nSPS) is 21.0. The molecule has 0 aromatic heterocycles. The number of nitrogens with zero attached hydrogens (tertiary/aromatic N) is 1. The average molecular weight is 327 g/mol. The third kappa shape index (κ3) is 3.70. The van der Waals surface area contributed by atoms with Gasteiger partial charge in [0.15, 0.2) is 6.10 Å². The van der Waals surface area contributed by atoms with Gasteiger partial charge in [0.2, 0.25) is 0 Å². The van der Waals surface area contributed by atoms with Crippen LogP contribution in [0.25, 0.3) is 0 Å². The number of halogens is 1. The van der Waals surface area contributed by atoms with E-state index in [1.165, 1.54) is 0 Å². The van der Waals surface area contributed by atoms with Gasteiger partial charge >= 0.3 is 0 Å². The molecule has 2 rings (SSSR count). The molecule has 1 aromatic rings. The van der Waals surface area contributed by atoms with Gasteiger partial charge in [-0.2, -0.15) is 0 Å². The lowest BCUT2D eigenvalue weighted by atomic mass is 10.1. The molecule has 1 saturated heterocycles. The fourth-order valence-corrected chi connectivity index (χ4v) is 2.63. The molecule has 1 fully saturated rings. The molecule has 1 aliphatic rings. The molecule has 5 heteroatoms. The zero-order chi connectivity index (χ0) is 13.8. The van der Waals surface area contributed by atoms with Crippen molar-refractivity contribution >= 4 is 21.8 Å². The topological polar surface area (TPSA) is 55.6 Å². The highest BCUT2D eigenvalue weighted by Gasteiger charge is 2.26. The zero-order valence-electron chi connectivity index (χ0n) is 11.0. The Morgan fingerprint density at radius 3 is 2.95 bits per heavy atom. The molecule has 0 bridgehead atoms. The number of nitrogens with two attached hydrogens (primary N) is 1. The Balaban J connectivity index is 1.97. The van der Waals surface area contributed by atoms with Gasteiger partial charge in [-0.15, -0.1) is 0 Å². The molecule has 2 N–H and O–H groups in total. The molecule has 0 radical (unpaired) electrons. The van der Waals surface area contributed by atoms with Crippen molar-refractivity contribution in [3.8, 4) is 5.75 Å². The number of likely N-dealkylation sites (tertiary alicyclic amines) is 1. The molecular weight excluding hydrogens is 308 g/mol. The number of piperidine rings is 1. The first kappa shape index (κ1) is 14.3. The van der Waals surface area contributed by atoms with Gasteiger partial charge in [0, 0.05) is 19.1 Å². The maximum absolute atomic E-state index is 12.3. The van der Waals surface area contributed by atoms with Gasteiger partial charge in [0.1, 0.15) is 5.75 Å². The van der Waals surface area contributed by atoms with Crippen molar-refractivity contribution in [3.05, 3.63) is 28.7 Å². The minimum atomic E-state index is -0.496. The summed E-state index contributed by atoms with van der Waals surface area (Å²) in [5.41, 5.74) is 5.90. The van der Waals surface area contributed by atoms with Gasteiger partial charge in [0.25, 0.3) is 5.91 Å². The van der Waals surface area contributed by atoms with E-state index in [1.807, 2.05) is 24.3 Å². The lowest BCUT2D eigenvalue weighted by molar-refractivity contribution is -0.139. The number of hydrogen-bond acceptors (Lipinski definition) is 3. The van der Waals surface area contributed by atoms with Gasteiger partial charge in [-0.1, -0.05) is 12.1 Å². The third-order valence-corrected chi connectivity index (χ3v) is 3.91. The number of ether oxygens (including phenoxy) is 1. The van der Waals surface area contributed by atoms with E-state index in [0.29, 0.717) is 12.3 Å². The van der Waals surface area contributed by atoms with E-state index in [-0.39, 0.29) is 11.9 Å². The lowest BCUT2D eigenvalue weighted by Gasteiger charge is -2.32. The van der Waals surface area contributed by atoms with Gasteiger partial charge < -0.3 is 15.4 Å². The Kier molecular flexibility index (Phi) is 4.82. The number of para-hydroxylation sites is 1. The summed E-state index contributed by atoms with van der Waals surface area (Å²) >= 11 is 3.41. The van der Waals surface area contributed by atoms with Crippen molar-refractivity contribution in [2.24, 2.45) is 5.73 Å². The van der Waals surface area contributed by atoms with Crippen molar-refractivity contribution in [1.29, 1.82) is 0 Å². The maximum Gasteiger partial charge on any atom is 0.263 e. The van der Waals surface area contributed by atoms with E-state index >= 15 is 0 Å². The Hall–Kier alpha value is -1.07. The van der Waals surface area contributed by atoms with E-state index in [2.05, 4.69) is 15.9 Å². The number of hydrogen-bond donors (Lipinski definition) is 1. The van der Waals surface area contributed by atoms with Crippen LogP contribution in [0.15, 0.2) is 28.7 Å². The van der Waals surface area contributed by atoms with Crippen molar-refractivity contribution in [2.45, 2.75) is 31.9 Å². The van der Waals surface area contributed by atoms with Crippen LogP contribution in [-0.2, 0) is 4.79 Å². The fourth-order valence-electron chi connectivity index (χ4n) is 2.25. The molecule has 0 spiro atoms. The summed E-state index contributed by atoms with van der Waals surface area (Å²) in [4.78, 5) is 14.1. The molecular formula is C14H19BrN2O2. The van der Waals surface area contributed by atoms with E-state index in [0.717, 1.165) is 23.9 Å².